The van der Waals surface area contributed by atoms with E-state index in [-0.39, 0.29) is 4.90 Å². The van der Waals surface area contributed by atoms with E-state index in [0.717, 1.165) is 27.2 Å². The average molecular weight is 335 g/mol. The first-order valence-corrected chi connectivity index (χ1v) is 8.86. The summed E-state index contributed by atoms with van der Waals surface area (Å²) in [5.74, 6) is 0. The van der Waals surface area contributed by atoms with Crippen LogP contribution in [0.4, 0.5) is 0 Å². The maximum absolute atomic E-state index is 12.0. The number of hydrogen-bond acceptors (Lipinski definition) is 4. The molecule has 1 heterocycles. The molecule has 0 spiro atoms. The molecule has 0 saturated heterocycles. The third-order valence-corrected chi connectivity index (χ3v) is 5.22. The van der Waals surface area contributed by atoms with Crippen molar-refractivity contribution in [3.63, 3.8) is 0 Å². The van der Waals surface area contributed by atoms with Gasteiger partial charge in [0.05, 0.1) is 10.6 Å². The van der Waals surface area contributed by atoms with Crippen molar-refractivity contribution < 1.29 is 8.42 Å². The van der Waals surface area contributed by atoms with Gasteiger partial charge in [-0.05, 0) is 29.7 Å². The van der Waals surface area contributed by atoms with Crippen LogP contribution in [0, 0.1) is 0 Å². The lowest BCUT2D eigenvalue weighted by atomic mass is 10.1. The summed E-state index contributed by atoms with van der Waals surface area (Å²) >= 11 is 0. The summed E-state index contributed by atoms with van der Waals surface area (Å²) in [4.78, 5) is 1.63. The molecule has 4 rings (SSSR count). The van der Waals surface area contributed by atoms with Gasteiger partial charge in [-0.3, -0.25) is 0 Å². The molecule has 24 heavy (non-hydrogen) atoms. The van der Waals surface area contributed by atoms with E-state index in [1.807, 2.05) is 36.4 Å². The Balaban J connectivity index is 1.93. The highest BCUT2D eigenvalue weighted by Crippen LogP contribution is 2.24. The van der Waals surface area contributed by atoms with Crippen molar-refractivity contribution in [3.05, 3.63) is 72.7 Å². The average Bonchev–Trinajstić information content (AvgIpc) is 3.06. The third kappa shape index (κ3) is 2.28. The maximum Gasteiger partial charge on any atom is 0.199 e. The Labute approximate surface area is 138 Å². The molecule has 0 atom stereocenters. The zero-order chi connectivity index (χ0) is 16.7. The van der Waals surface area contributed by atoms with Gasteiger partial charge in [0.25, 0.3) is 0 Å². The fraction of sp³-hybridized carbons (Fsp3) is 0. The molecule has 0 N–H and O–H groups in total. The molecule has 0 aliphatic rings. The van der Waals surface area contributed by atoms with Gasteiger partial charge in [-0.25, -0.2) is 8.42 Å². The summed E-state index contributed by atoms with van der Waals surface area (Å²) in [5.41, 5.74) is 2.12. The highest BCUT2D eigenvalue weighted by Gasteiger charge is 2.12. The lowest BCUT2D eigenvalue weighted by Crippen LogP contribution is -2.01. The Morgan fingerprint density at radius 1 is 0.958 bits per heavy atom. The second kappa shape index (κ2) is 5.28. The summed E-state index contributed by atoms with van der Waals surface area (Å²) in [7, 11) is -3.50. The van der Waals surface area contributed by atoms with E-state index in [0.29, 0.717) is 5.69 Å². The topological polar surface area (TPSA) is 64.8 Å². The minimum Gasteiger partial charge on any atom is -0.219 e. The van der Waals surface area contributed by atoms with Crippen molar-refractivity contribution >= 4 is 31.6 Å². The van der Waals surface area contributed by atoms with E-state index in [9.17, 15) is 8.42 Å². The van der Waals surface area contributed by atoms with E-state index in [1.165, 1.54) is 16.9 Å². The van der Waals surface area contributed by atoms with Gasteiger partial charge < -0.3 is 0 Å². The van der Waals surface area contributed by atoms with Gasteiger partial charge in [-0.15, -0.1) is 10.2 Å². The fourth-order valence-corrected chi connectivity index (χ4v) is 3.39. The normalized spacial score (nSPS) is 11.8. The Bertz CT molecular complexity index is 1190. The minimum absolute atomic E-state index is 0.168. The second-order valence-electron chi connectivity index (χ2n) is 5.35. The fourth-order valence-electron chi connectivity index (χ4n) is 2.65. The lowest BCUT2D eigenvalue weighted by Gasteiger charge is -2.02. The molecule has 0 aliphatic heterocycles. The Morgan fingerprint density at radius 3 is 2.62 bits per heavy atom. The largest absolute Gasteiger partial charge is 0.219 e. The number of sulfone groups is 1. The summed E-state index contributed by atoms with van der Waals surface area (Å²) in [6.07, 6.45) is 0. The van der Waals surface area contributed by atoms with E-state index < -0.39 is 9.84 Å². The van der Waals surface area contributed by atoms with E-state index in [4.69, 9.17) is 0 Å². The van der Waals surface area contributed by atoms with Crippen molar-refractivity contribution in [1.82, 2.24) is 15.0 Å². The Kier molecular flexibility index (Phi) is 3.21. The van der Waals surface area contributed by atoms with Crippen LogP contribution in [0.15, 0.2) is 77.5 Å². The number of fused-ring (bicyclic) bond motifs is 3. The van der Waals surface area contributed by atoms with Gasteiger partial charge in [0, 0.05) is 10.8 Å². The molecule has 0 aliphatic carbocycles. The second-order valence-corrected chi connectivity index (χ2v) is 7.25. The molecule has 0 fully saturated rings. The maximum atomic E-state index is 12.0. The van der Waals surface area contributed by atoms with E-state index in [2.05, 4.69) is 16.8 Å². The number of benzene rings is 3. The first-order valence-electron chi connectivity index (χ1n) is 7.31. The Hall–Kier alpha value is -2.99. The Morgan fingerprint density at radius 2 is 1.79 bits per heavy atom. The smallest absolute Gasteiger partial charge is 0.199 e. The first kappa shape index (κ1) is 14.6. The van der Waals surface area contributed by atoms with Crippen LogP contribution in [0.1, 0.15) is 0 Å². The van der Waals surface area contributed by atoms with Crippen LogP contribution < -0.4 is 0 Å². The van der Waals surface area contributed by atoms with Crippen LogP contribution in [-0.2, 0) is 9.84 Å². The van der Waals surface area contributed by atoms with Crippen LogP contribution in [-0.4, -0.2) is 23.4 Å². The molecule has 0 radical (unpaired) electrons. The van der Waals surface area contributed by atoms with Crippen LogP contribution in [0.5, 0.6) is 0 Å². The van der Waals surface area contributed by atoms with Gasteiger partial charge >= 0.3 is 0 Å². The molecule has 0 unspecified atom stereocenters. The molecule has 3 aromatic carbocycles. The molecule has 118 valence electrons. The van der Waals surface area contributed by atoms with Crippen molar-refractivity contribution in [3.8, 4) is 5.69 Å². The number of hydrogen-bond donors (Lipinski definition) is 0. The summed E-state index contributed by atoms with van der Waals surface area (Å²) in [5, 5.41) is 12.0. The molecule has 0 bridgehead atoms. The standard InChI is InChI=1S/C18H13N3O2S/c1-2-24(22,23)15-8-5-7-14(12-15)21-19-17-11-10-13-6-3-4-9-16(13)18(17)20-21/h2-12H,1H2. The van der Waals surface area contributed by atoms with Crippen molar-refractivity contribution in [1.29, 1.82) is 0 Å². The van der Waals surface area contributed by atoms with Crippen molar-refractivity contribution in [2.75, 3.05) is 0 Å². The molecule has 6 heteroatoms. The molecular formula is C18H13N3O2S. The number of aromatic nitrogens is 3. The first-order chi connectivity index (χ1) is 11.6. The zero-order valence-electron chi connectivity index (χ0n) is 12.6. The zero-order valence-corrected chi connectivity index (χ0v) is 13.4. The SMILES string of the molecule is C=CS(=O)(=O)c1cccc(-n2nc3ccc4ccccc4c3n2)c1. The highest BCUT2D eigenvalue weighted by molar-refractivity contribution is 7.94. The predicted molar refractivity (Wildman–Crippen MR) is 93.8 cm³/mol. The van der Waals surface area contributed by atoms with Gasteiger partial charge in [-0.1, -0.05) is 43.0 Å². The van der Waals surface area contributed by atoms with E-state index in [1.54, 1.807) is 12.1 Å². The van der Waals surface area contributed by atoms with Gasteiger partial charge in [0.15, 0.2) is 9.84 Å². The van der Waals surface area contributed by atoms with Gasteiger partial charge in [-0.2, -0.15) is 4.80 Å². The third-order valence-electron chi connectivity index (χ3n) is 3.87. The lowest BCUT2D eigenvalue weighted by molar-refractivity contribution is 0.604. The number of nitrogens with zero attached hydrogens (tertiary/aromatic N) is 3. The molecule has 1 aromatic heterocycles. The summed E-state index contributed by atoms with van der Waals surface area (Å²) in [6.45, 7) is 3.35. The predicted octanol–water partition coefficient (Wildman–Crippen LogP) is 3.49. The molecule has 0 amide bonds. The highest BCUT2D eigenvalue weighted by atomic mass is 32.2. The molecular weight excluding hydrogens is 322 g/mol. The summed E-state index contributed by atoms with van der Waals surface area (Å²) < 4.78 is 23.9. The quantitative estimate of drug-likeness (QED) is 0.575. The van der Waals surface area contributed by atoms with Crippen molar-refractivity contribution in [2.24, 2.45) is 0 Å². The monoisotopic (exact) mass is 335 g/mol. The van der Waals surface area contributed by atoms with Crippen molar-refractivity contribution in [2.45, 2.75) is 4.90 Å². The van der Waals surface area contributed by atoms with Crippen LogP contribution in [0.3, 0.4) is 0 Å². The molecule has 5 nitrogen and oxygen atoms in total. The van der Waals surface area contributed by atoms with Crippen LogP contribution >= 0.6 is 0 Å². The van der Waals surface area contributed by atoms with E-state index >= 15 is 0 Å². The molecule has 4 aromatic rings. The van der Waals surface area contributed by atoms with Crippen LogP contribution in [0.2, 0.25) is 0 Å². The number of rotatable bonds is 3. The van der Waals surface area contributed by atoms with Gasteiger partial charge in [0.1, 0.15) is 11.0 Å². The molecule has 0 saturated carbocycles. The summed E-state index contributed by atoms with van der Waals surface area (Å²) in [6, 6.07) is 18.3. The van der Waals surface area contributed by atoms with Gasteiger partial charge in [0.2, 0.25) is 0 Å². The van der Waals surface area contributed by atoms with Crippen LogP contribution in [0.25, 0.3) is 27.5 Å². The minimum atomic E-state index is -3.50.